The molecule has 0 unspecified atom stereocenters. The van der Waals surface area contributed by atoms with Crippen molar-refractivity contribution >= 4 is 17.5 Å². The molecule has 2 heterocycles. The van der Waals surface area contributed by atoms with E-state index in [-0.39, 0.29) is 22.8 Å². The number of anilines is 1. The lowest BCUT2D eigenvalue weighted by Crippen LogP contribution is -2.47. The summed E-state index contributed by atoms with van der Waals surface area (Å²) in [5, 5.41) is 2.97. The van der Waals surface area contributed by atoms with E-state index in [0.29, 0.717) is 19.4 Å². The van der Waals surface area contributed by atoms with Gasteiger partial charge in [0.15, 0.2) is 0 Å². The molecule has 1 spiro atoms. The van der Waals surface area contributed by atoms with Gasteiger partial charge in [0.05, 0.1) is 0 Å². The van der Waals surface area contributed by atoms with E-state index in [9.17, 15) is 9.59 Å². The molecule has 0 bridgehead atoms. The zero-order valence-electron chi connectivity index (χ0n) is 21.0. The van der Waals surface area contributed by atoms with Crippen LogP contribution in [0, 0.1) is 10.8 Å². The smallest absolute Gasteiger partial charge is 0.230 e. The first-order valence-electron chi connectivity index (χ1n) is 12.4. The van der Waals surface area contributed by atoms with Crippen molar-refractivity contribution in [2.45, 2.75) is 57.9 Å². The van der Waals surface area contributed by atoms with Crippen LogP contribution in [-0.2, 0) is 15.1 Å². The maximum atomic E-state index is 13.0. The molecular weight excluding hydrogens is 424 g/mol. The summed E-state index contributed by atoms with van der Waals surface area (Å²) in [6.07, 6.45) is 8.82. The van der Waals surface area contributed by atoms with Gasteiger partial charge in [-0.3, -0.25) is 19.5 Å². The van der Waals surface area contributed by atoms with Gasteiger partial charge in [-0.25, -0.2) is 0 Å². The third-order valence-corrected chi connectivity index (χ3v) is 8.27. The van der Waals surface area contributed by atoms with Crippen LogP contribution in [0.25, 0.3) is 0 Å². The maximum Gasteiger partial charge on any atom is 0.230 e. The van der Waals surface area contributed by atoms with Crippen molar-refractivity contribution in [3.8, 4) is 0 Å². The molecular formula is C28H38N4O2. The van der Waals surface area contributed by atoms with Crippen LogP contribution in [-0.4, -0.2) is 53.8 Å². The second-order valence-electron chi connectivity index (χ2n) is 11.1. The maximum absolute atomic E-state index is 13.0. The van der Waals surface area contributed by atoms with Gasteiger partial charge in [0.25, 0.3) is 0 Å². The van der Waals surface area contributed by atoms with Crippen molar-refractivity contribution in [3.63, 3.8) is 0 Å². The number of hydrogen-bond acceptors (Lipinski definition) is 4. The molecule has 1 saturated heterocycles. The summed E-state index contributed by atoms with van der Waals surface area (Å²) in [5.41, 5.74) is 1.65. The van der Waals surface area contributed by atoms with Crippen LogP contribution >= 0.6 is 0 Å². The summed E-state index contributed by atoms with van der Waals surface area (Å²) in [6, 6.07) is 14.4. The molecule has 0 radical (unpaired) electrons. The van der Waals surface area contributed by atoms with Gasteiger partial charge in [0, 0.05) is 48.5 Å². The Morgan fingerprint density at radius 1 is 1.06 bits per heavy atom. The SMILES string of the molecule is CN(C)C1(c2ccccc2)CCC2(CC1)CC(=O)N(CCC(C)(C)C(=O)Nc1ccncc1)C2. The second kappa shape index (κ2) is 9.49. The number of nitrogens with one attached hydrogen (secondary N) is 1. The molecule has 34 heavy (non-hydrogen) atoms. The van der Waals surface area contributed by atoms with E-state index in [1.807, 2.05) is 18.7 Å². The number of hydrogen-bond donors (Lipinski definition) is 1. The molecule has 2 amide bonds. The van der Waals surface area contributed by atoms with Gasteiger partial charge in [0.1, 0.15) is 0 Å². The minimum Gasteiger partial charge on any atom is -0.342 e. The Kier molecular flexibility index (Phi) is 6.81. The van der Waals surface area contributed by atoms with Gasteiger partial charge in [-0.1, -0.05) is 44.2 Å². The normalized spacial score (nSPS) is 25.2. The Labute approximate surface area is 203 Å². The summed E-state index contributed by atoms with van der Waals surface area (Å²) in [4.78, 5) is 34.2. The Hall–Kier alpha value is -2.73. The van der Waals surface area contributed by atoms with E-state index in [1.54, 1.807) is 24.5 Å². The quantitative estimate of drug-likeness (QED) is 0.649. The first-order valence-corrected chi connectivity index (χ1v) is 12.4. The van der Waals surface area contributed by atoms with Crippen LogP contribution in [0.4, 0.5) is 5.69 Å². The van der Waals surface area contributed by atoms with Crippen molar-refractivity contribution < 1.29 is 9.59 Å². The molecule has 1 aromatic heterocycles. The summed E-state index contributed by atoms with van der Waals surface area (Å²) in [7, 11) is 4.35. The van der Waals surface area contributed by atoms with Crippen molar-refractivity contribution in [1.29, 1.82) is 0 Å². The molecule has 182 valence electrons. The molecule has 1 aliphatic heterocycles. The zero-order chi connectivity index (χ0) is 24.4. The summed E-state index contributed by atoms with van der Waals surface area (Å²) >= 11 is 0. The lowest BCUT2D eigenvalue weighted by molar-refractivity contribution is -0.130. The van der Waals surface area contributed by atoms with Crippen LogP contribution in [0.5, 0.6) is 0 Å². The lowest BCUT2D eigenvalue weighted by atomic mass is 9.64. The van der Waals surface area contributed by atoms with E-state index in [2.05, 4.69) is 59.6 Å². The van der Waals surface area contributed by atoms with Crippen molar-refractivity contribution in [2.75, 3.05) is 32.5 Å². The molecule has 1 saturated carbocycles. The topological polar surface area (TPSA) is 65.5 Å². The average molecular weight is 463 g/mol. The molecule has 4 rings (SSSR count). The Balaban J connectivity index is 1.36. The molecule has 6 heteroatoms. The average Bonchev–Trinajstić information content (AvgIpc) is 3.14. The number of benzene rings is 1. The van der Waals surface area contributed by atoms with Gasteiger partial charge in [0.2, 0.25) is 11.8 Å². The lowest BCUT2D eigenvalue weighted by Gasteiger charge is -2.49. The number of aromatic nitrogens is 1. The number of likely N-dealkylation sites (tertiary alicyclic amines) is 1. The standard InChI is InChI=1S/C28H38N4O2/c1-26(2,25(34)30-23-10-17-29-18-11-23)16-19-32-21-27(20-24(32)33)12-14-28(15-13-27,31(3)4)22-8-6-5-7-9-22/h5-11,17-18H,12-16,19-21H2,1-4H3,(H,29,30,34). The highest BCUT2D eigenvalue weighted by Gasteiger charge is 2.50. The molecule has 0 atom stereocenters. The predicted octanol–water partition coefficient (Wildman–Crippen LogP) is 4.69. The van der Waals surface area contributed by atoms with Gasteiger partial charge in [-0.2, -0.15) is 0 Å². The van der Waals surface area contributed by atoms with Crippen LogP contribution in [0.3, 0.4) is 0 Å². The minimum absolute atomic E-state index is 0.0312. The van der Waals surface area contributed by atoms with E-state index in [4.69, 9.17) is 0 Å². The Morgan fingerprint density at radius 3 is 2.32 bits per heavy atom. The fourth-order valence-corrected chi connectivity index (χ4v) is 5.72. The van der Waals surface area contributed by atoms with Crippen LogP contribution < -0.4 is 5.32 Å². The Bertz CT molecular complexity index is 996. The Morgan fingerprint density at radius 2 is 1.71 bits per heavy atom. The number of amides is 2. The summed E-state index contributed by atoms with van der Waals surface area (Å²) in [6.45, 7) is 5.33. The highest BCUT2D eigenvalue weighted by molar-refractivity contribution is 5.94. The third-order valence-electron chi connectivity index (χ3n) is 8.27. The monoisotopic (exact) mass is 462 g/mol. The molecule has 1 aliphatic carbocycles. The fourth-order valence-electron chi connectivity index (χ4n) is 5.72. The van der Waals surface area contributed by atoms with Crippen molar-refractivity contribution in [1.82, 2.24) is 14.8 Å². The van der Waals surface area contributed by atoms with Gasteiger partial charge < -0.3 is 10.2 Å². The summed E-state index contributed by atoms with van der Waals surface area (Å²) in [5.74, 6) is 0.207. The number of carbonyl (C=O) groups excluding carboxylic acids is 2. The highest BCUT2D eigenvalue weighted by Crippen LogP contribution is 2.52. The third kappa shape index (κ3) is 4.88. The van der Waals surface area contributed by atoms with Gasteiger partial charge in [-0.05, 0) is 69.3 Å². The second-order valence-corrected chi connectivity index (χ2v) is 11.1. The van der Waals surface area contributed by atoms with Crippen LogP contribution in [0.2, 0.25) is 0 Å². The molecule has 2 aromatic rings. The van der Waals surface area contributed by atoms with Crippen molar-refractivity contribution in [2.24, 2.45) is 10.8 Å². The van der Waals surface area contributed by atoms with Crippen molar-refractivity contribution in [3.05, 3.63) is 60.4 Å². The molecule has 6 nitrogen and oxygen atoms in total. The van der Waals surface area contributed by atoms with E-state index in [0.717, 1.165) is 37.9 Å². The van der Waals surface area contributed by atoms with E-state index in [1.165, 1.54) is 5.56 Å². The first-order chi connectivity index (χ1) is 16.2. The molecule has 2 fully saturated rings. The van der Waals surface area contributed by atoms with E-state index < -0.39 is 5.41 Å². The number of pyridine rings is 1. The summed E-state index contributed by atoms with van der Waals surface area (Å²) < 4.78 is 0. The number of rotatable bonds is 7. The largest absolute Gasteiger partial charge is 0.342 e. The van der Waals surface area contributed by atoms with Gasteiger partial charge >= 0.3 is 0 Å². The highest BCUT2D eigenvalue weighted by atomic mass is 16.2. The minimum atomic E-state index is -0.570. The fraction of sp³-hybridized carbons (Fsp3) is 0.536. The molecule has 2 aliphatic rings. The number of nitrogens with zero attached hydrogens (tertiary/aromatic N) is 3. The zero-order valence-corrected chi connectivity index (χ0v) is 21.0. The van der Waals surface area contributed by atoms with E-state index >= 15 is 0 Å². The predicted molar refractivity (Wildman–Crippen MR) is 135 cm³/mol. The molecule has 1 N–H and O–H groups in total. The van der Waals surface area contributed by atoms with Gasteiger partial charge in [-0.15, -0.1) is 0 Å². The first kappa shape index (κ1) is 24.4. The molecule has 1 aromatic carbocycles. The van der Waals surface area contributed by atoms with Crippen LogP contribution in [0.1, 0.15) is 57.9 Å². The number of carbonyl (C=O) groups is 2. The van der Waals surface area contributed by atoms with Crippen LogP contribution in [0.15, 0.2) is 54.9 Å².